The standard InChI is InChI=1S/C8H15NO/c1-5-7(6-9-4)8(2,3)10/h5-6,10H,1-4H3/b7-5+,9-6?. The van der Waals surface area contributed by atoms with Crippen LogP contribution in [0.2, 0.25) is 0 Å². The van der Waals surface area contributed by atoms with Crippen molar-refractivity contribution in [3.63, 3.8) is 0 Å². The van der Waals surface area contributed by atoms with E-state index in [1.54, 1.807) is 27.1 Å². The molecule has 1 N–H and O–H groups in total. The van der Waals surface area contributed by atoms with Gasteiger partial charge < -0.3 is 5.11 Å². The van der Waals surface area contributed by atoms with Crippen LogP contribution in [-0.2, 0) is 0 Å². The van der Waals surface area contributed by atoms with Crippen molar-refractivity contribution in [1.82, 2.24) is 0 Å². The average molecular weight is 141 g/mol. The molecule has 0 atom stereocenters. The van der Waals surface area contributed by atoms with Crippen molar-refractivity contribution >= 4 is 6.21 Å². The number of hydrogen-bond donors (Lipinski definition) is 1. The Bertz CT molecular complexity index is 151. The van der Waals surface area contributed by atoms with Crippen molar-refractivity contribution in [2.24, 2.45) is 4.99 Å². The van der Waals surface area contributed by atoms with Crippen molar-refractivity contribution in [3.05, 3.63) is 11.6 Å². The van der Waals surface area contributed by atoms with Crippen LogP contribution in [0.3, 0.4) is 0 Å². The third-order valence-corrected chi connectivity index (χ3v) is 1.29. The van der Waals surface area contributed by atoms with Crippen molar-refractivity contribution in [2.45, 2.75) is 26.4 Å². The van der Waals surface area contributed by atoms with Gasteiger partial charge in [0, 0.05) is 13.3 Å². The Morgan fingerprint density at radius 1 is 1.50 bits per heavy atom. The normalized spacial score (nSPS) is 14.7. The molecule has 0 aliphatic rings. The minimum absolute atomic E-state index is 0.770. The van der Waals surface area contributed by atoms with Crippen molar-refractivity contribution in [3.8, 4) is 0 Å². The Hall–Kier alpha value is -0.630. The molecule has 0 radical (unpaired) electrons. The molecule has 58 valence electrons. The quantitative estimate of drug-likeness (QED) is 0.579. The van der Waals surface area contributed by atoms with E-state index in [1.807, 2.05) is 13.0 Å². The molecule has 0 spiro atoms. The first-order chi connectivity index (χ1) is 4.52. The third-order valence-electron chi connectivity index (χ3n) is 1.29. The minimum Gasteiger partial charge on any atom is -0.386 e. The van der Waals surface area contributed by atoms with E-state index in [1.165, 1.54) is 0 Å². The van der Waals surface area contributed by atoms with Gasteiger partial charge in [0.05, 0.1) is 5.60 Å². The molecule has 0 aliphatic heterocycles. The summed E-state index contributed by atoms with van der Waals surface area (Å²) in [5, 5.41) is 9.45. The zero-order chi connectivity index (χ0) is 8.20. The molecule has 2 heteroatoms. The Balaban J connectivity index is 4.39. The predicted octanol–water partition coefficient (Wildman–Crippen LogP) is 1.40. The maximum atomic E-state index is 9.45. The summed E-state index contributed by atoms with van der Waals surface area (Å²) in [5.74, 6) is 0. The molecular formula is C8H15NO. The maximum absolute atomic E-state index is 9.45. The summed E-state index contributed by atoms with van der Waals surface area (Å²) in [5.41, 5.74) is 0.0730. The number of hydrogen-bond acceptors (Lipinski definition) is 2. The number of rotatable bonds is 2. The van der Waals surface area contributed by atoms with Crippen LogP contribution in [0.4, 0.5) is 0 Å². The number of allylic oxidation sites excluding steroid dienone is 1. The molecular weight excluding hydrogens is 126 g/mol. The summed E-state index contributed by atoms with van der Waals surface area (Å²) in [6, 6.07) is 0. The lowest BCUT2D eigenvalue weighted by Gasteiger charge is -2.17. The van der Waals surface area contributed by atoms with Gasteiger partial charge in [-0.15, -0.1) is 0 Å². The highest BCUT2D eigenvalue weighted by Crippen LogP contribution is 2.12. The number of nitrogens with zero attached hydrogens (tertiary/aromatic N) is 1. The molecule has 2 nitrogen and oxygen atoms in total. The Labute approximate surface area is 62.3 Å². The molecule has 0 fully saturated rings. The van der Waals surface area contributed by atoms with E-state index in [9.17, 15) is 5.11 Å². The van der Waals surface area contributed by atoms with Gasteiger partial charge in [-0.3, -0.25) is 4.99 Å². The molecule has 0 aromatic heterocycles. The summed E-state index contributed by atoms with van der Waals surface area (Å²) < 4.78 is 0. The average Bonchev–Trinajstić information content (AvgIpc) is 1.80. The van der Waals surface area contributed by atoms with E-state index < -0.39 is 5.60 Å². The van der Waals surface area contributed by atoms with Gasteiger partial charge in [0.25, 0.3) is 0 Å². The summed E-state index contributed by atoms with van der Waals surface area (Å²) >= 11 is 0. The van der Waals surface area contributed by atoms with E-state index in [4.69, 9.17) is 0 Å². The fourth-order valence-electron chi connectivity index (χ4n) is 0.725. The molecule has 0 bridgehead atoms. The van der Waals surface area contributed by atoms with E-state index in [0.717, 1.165) is 5.57 Å². The molecule has 0 saturated carbocycles. The fourth-order valence-corrected chi connectivity index (χ4v) is 0.725. The first-order valence-electron chi connectivity index (χ1n) is 3.33. The first kappa shape index (κ1) is 9.37. The lowest BCUT2D eigenvalue weighted by molar-refractivity contribution is 0.126. The Kier molecular flexibility index (Phi) is 3.30. The molecule has 0 saturated heterocycles. The largest absolute Gasteiger partial charge is 0.386 e. The van der Waals surface area contributed by atoms with E-state index in [-0.39, 0.29) is 0 Å². The SMILES string of the molecule is C/C=C(\C=NC)C(C)(C)O. The van der Waals surface area contributed by atoms with E-state index >= 15 is 0 Å². The van der Waals surface area contributed by atoms with E-state index in [2.05, 4.69) is 4.99 Å². The molecule has 0 heterocycles. The highest BCUT2D eigenvalue weighted by atomic mass is 16.3. The van der Waals surface area contributed by atoms with Gasteiger partial charge in [-0.2, -0.15) is 0 Å². The van der Waals surface area contributed by atoms with Gasteiger partial charge in [-0.25, -0.2) is 0 Å². The first-order valence-corrected chi connectivity index (χ1v) is 3.33. The summed E-state index contributed by atoms with van der Waals surface area (Å²) in [6.07, 6.45) is 3.52. The van der Waals surface area contributed by atoms with Crippen LogP contribution < -0.4 is 0 Å². The molecule has 0 aromatic carbocycles. The van der Waals surface area contributed by atoms with Crippen LogP contribution in [0.5, 0.6) is 0 Å². The van der Waals surface area contributed by atoms with Crippen LogP contribution in [0, 0.1) is 0 Å². The lowest BCUT2D eigenvalue weighted by Crippen LogP contribution is -2.22. The second-order valence-corrected chi connectivity index (χ2v) is 2.69. The van der Waals surface area contributed by atoms with Gasteiger partial charge in [0.2, 0.25) is 0 Å². The monoisotopic (exact) mass is 141 g/mol. The van der Waals surface area contributed by atoms with Crippen LogP contribution in [0.25, 0.3) is 0 Å². The third kappa shape index (κ3) is 2.78. The summed E-state index contributed by atoms with van der Waals surface area (Å²) in [6.45, 7) is 5.36. The summed E-state index contributed by atoms with van der Waals surface area (Å²) in [4.78, 5) is 3.82. The molecule has 0 unspecified atom stereocenters. The van der Waals surface area contributed by atoms with Crippen LogP contribution in [0.15, 0.2) is 16.6 Å². The second-order valence-electron chi connectivity index (χ2n) is 2.69. The zero-order valence-electron chi connectivity index (χ0n) is 7.05. The van der Waals surface area contributed by atoms with Gasteiger partial charge in [-0.1, -0.05) is 6.08 Å². The van der Waals surface area contributed by atoms with Gasteiger partial charge in [0.15, 0.2) is 0 Å². The maximum Gasteiger partial charge on any atom is 0.0852 e. The molecule has 0 aromatic rings. The Morgan fingerprint density at radius 2 is 2.00 bits per heavy atom. The van der Waals surface area contributed by atoms with Crippen molar-refractivity contribution < 1.29 is 5.11 Å². The van der Waals surface area contributed by atoms with Crippen LogP contribution >= 0.6 is 0 Å². The molecule has 0 rings (SSSR count). The molecule has 10 heavy (non-hydrogen) atoms. The fraction of sp³-hybridized carbons (Fsp3) is 0.625. The van der Waals surface area contributed by atoms with Gasteiger partial charge in [-0.05, 0) is 26.3 Å². The van der Waals surface area contributed by atoms with E-state index in [0.29, 0.717) is 0 Å². The summed E-state index contributed by atoms with van der Waals surface area (Å²) in [7, 11) is 1.69. The van der Waals surface area contributed by atoms with Crippen LogP contribution in [-0.4, -0.2) is 24.0 Å². The second kappa shape index (κ2) is 3.52. The number of aliphatic hydroxyl groups is 1. The molecule has 0 amide bonds. The highest BCUT2D eigenvalue weighted by molar-refractivity contribution is 5.80. The zero-order valence-corrected chi connectivity index (χ0v) is 7.05. The smallest absolute Gasteiger partial charge is 0.0852 e. The predicted molar refractivity (Wildman–Crippen MR) is 44.5 cm³/mol. The number of aliphatic imine (C=N–C) groups is 1. The van der Waals surface area contributed by atoms with Crippen LogP contribution in [0.1, 0.15) is 20.8 Å². The van der Waals surface area contributed by atoms with Crippen molar-refractivity contribution in [2.75, 3.05) is 7.05 Å². The highest BCUT2D eigenvalue weighted by Gasteiger charge is 2.15. The Morgan fingerprint density at radius 3 is 2.10 bits per heavy atom. The topological polar surface area (TPSA) is 32.6 Å². The van der Waals surface area contributed by atoms with Crippen molar-refractivity contribution in [1.29, 1.82) is 0 Å². The lowest BCUT2D eigenvalue weighted by atomic mass is 9.99. The minimum atomic E-state index is -0.770. The van der Waals surface area contributed by atoms with Gasteiger partial charge >= 0.3 is 0 Å². The molecule has 0 aliphatic carbocycles. The van der Waals surface area contributed by atoms with Gasteiger partial charge in [0.1, 0.15) is 0 Å².